The van der Waals surface area contributed by atoms with Gasteiger partial charge >= 0.3 is 0 Å². The Bertz CT molecular complexity index is 1060. The van der Waals surface area contributed by atoms with Crippen LogP contribution in [0.15, 0.2) is 36.4 Å². The number of rotatable bonds is 5. The van der Waals surface area contributed by atoms with Crippen LogP contribution in [0.2, 0.25) is 5.02 Å². The van der Waals surface area contributed by atoms with Crippen LogP contribution < -0.4 is 14.4 Å². The van der Waals surface area contributed by atoms with Crippen molar-refractivity contribution in [1.82, 2.24) is 4.90 Å². The molecule has 1 saturated heterocycles. The van der Waals surface area contributed by atoms with Gasteiger partial charge in [-0.1, -0.05) is 11.6 Å². The standard InChI is InChI=1S/C21H20ClN3O6/c1-23(11-13-8-16(25(28)29)2-4-17(13)22)21(27)14-9-20(26)24(12-14)15-3-5-18-19(10-15)31-7-6-30-18/h2-5,8,10,14H,6-7,9,11-12H2,1H3/t14-/m1/s1. The van der Waals surface area contributed by atoms with Gasteiger partial charge in [0.05, 0.1) is 10.8 Å². The van der Waals surface area contributed by atoms with E-state index in [1.165, 1.54) is 23.1 Å². The maximum absolute atomic E-state index is 13.0. The topological polar surface area (TPSA) is 102 Å². The zero-order valence-electron chi connectivity index (χ0n) is 16.7. The van der Waals surface area contributed by atoms with Crippen molar-refractivity contribution in [3.8, 4) is 11.5 Å². The molecule has 0 spiro atoms. The Morgan fingerprint density at radius 2 is 1.97 bits per heavy atom. The molecule has 2 amide bonds. The molecule has 2 aromatic rings. The van der Waals surface area contributed by atoms with E-state index in [0.717, 1.165) is 0 Å². The zero-order valence-corrected chi connectivity index (χ0v) is 17.5. The second-order valence-electron chi connectivity index (χ2n) is 7.46. The molecule has 4 rings (SSSR count). The SMILES string of the molecule is CN(Cc1cc([N+](=O)[O-])ccc1Cl)C(=O)[C@@H]1CC(=O)N(c2ccc3c(c2)OCCO3)C1. The van der Waals surface area contributed by atoms with Gasteiger partial charge in [0, 0.05) is 55.5 Å². The van der Waals surface area contributed by atoms with E-state index >= 15 is 0 Å². The van der Waals surface area contributed by atoms with Crippen LogP contribution in [-0.4, -0.2) is 48.4 Å². The first kappa shape index (κ1) is 20.9. The van der Waals surface area contributed by atoms with Crippen LogP contribution in [0.5, 0.6) is 11.5 Å². The molecular weight excluding hydrogens is 426 g/mol. The molecule has 0 aromatic heterocycles. The molecule has 1 atom stereocenters. The number of fused-ring (bicyclic) bond motifs is 1. The van der Waals surface area contributed by atoms with Crippen molar-refractivity contribution in [2.75, 3.05) is 31.7 Å². The fraction of sp³-hybridized carbons (Fsp3) is 0.333. The van der Waals surface area contributed by atoms with Gasteiger partial charge in [-0.2, -0.15) is 0 Å². The van der Waals surface area contributed by atoms with E-state index in [9.17, 15) is 19.7 Å². The van der Waals surface area contributed by atoms with Gasteiger partial charge in [0.15, 0.2) is 11.5 Å². The van der Waals surface area contributed by atoms with Crippen LogP contribution >= 0.6 is 11.6 Å². The van der Waals surface area contributed by atoms with E-state index in [4.69, 9.17) is 21.1 Å². The van der Waals surface area contributed by atoms with Crippen molar-refractivity contribution in [3.63, 3.8) is 0 Å². The lowest BCUT2D eigenvalue weighted by molar-refractivity contribution is -0.384. The largest absolute Gasteiger partial charge is 0.486 e. The molecule has 2 heterocycles. The number of carbonyl (C=O) groups excluding carboxylic acids is 2. The Morgan fingerprint density at radius 3 is 2.71 bits per heavy atom. The fourth-order valence-electron chi connectivity index (χ4n) is 3.76. The highest BCUT2D eigenvalue weighted by molar-refractivity contribution is 6.31. The number of hydrogen-bond donors (Lipinski definition) is 0. The number of benzene rings is 2. The fourth-order valence-corrected chi connectivity index (χ4v) is 3.94. The molecular formula is C21H20ClN3O6. The maximum atomic E-state index is 13.0. The third-order valence-electron chi connectivity index (χ3n) is 5.34. The normalized spacial score (nSPS) is 17.5. The number of nitro benzene ring substituents is 1. The maximum Gasteiger partial charge on any atom is 0.269 e. The average Bonchev–Trinajstić information content (AvgIpc) is 3.15. The highest BCUT2D eigenvalue weighted by atomic mass is 35.5. The number of non-ortho nitro benzene ring substituents is 1. The molecule has 0 aliphatic carbocycles. The molecule has 0 N–H and O–H groups in total. The Kier molecular flexibility index (Phi) is 5.69. The van der Waals surface area contributed by atoms with Gasteiger partial charge in [0.25, 0.3) is 5.69 Å². The van der Waals surface area contributed by atoms with Crippen molar-refractivity contribution < 1.29 is 24.0 Å². The Hall–Kier alpha value is -3.33. The van der Waals surface area contributed by atoms with Gasteiger partial charge in [-0.15, -0.1) is 0 Å². The summed E-state index contributed by atoms with van der Waals surface area (Å²) in [5.41, 5.74) is 1.02. The summed E-state index contributed by atoms with van der Waals surface area (Å²) in [6.45, 7) is 1.27. The number of anilines is 1. The first-order valence-corrected chi connectivity index (χ1v) is 10.1. The summed E-state index contributed by atoms with van der Waals surface area (Å²) in [7, 11) is 1.59. The van der Waals surface area contributed by atoms with Crippen LogP contribution in [0.3, 0.4) is 0 Å². The van der Waals surface area contributed by atoms with Crippen molar-refractivity contribution >= 4 is 34.8 Å². The summed E-state index contributed by atoms with van der Waals surface area (Å²) in [6, 6.07) is 9.37. The summed E-state index contributed by atoms with van der Waals surface area (Å²) in [6.07, 6.45) is 0.0836. The molecule has 31 heavy (non-hydrogen) atoms. The second kappa shape index (κ2) is 8.43. The molecule has 0 unspecified atom stereocenters. The average molecular weight is 446 g/mol. The molecule has 2 aliphatic rings. The van der Waals surface area contributed by atoms with E-state index in [0.29, 0.717) is 41.0 Å². The molecule has 9 nitrogen and oxygen atoms in total. The second-order valence-corrected chi connectivity index (χ2v) is 7.87. The first-order valence-electron chi connectivity index (χ1n) is 9.71. The van der Waals surface area contributed by atoms with E-state index in [-0.39, 0.29) is 37.0 Å². The number of carbonyl (C=O) groups is 2. The Labute approximate surface area is 183 Å². The monoisotopic (exact) mass is 445 g/mol. The van der Waals surface area contributed by atoms with Crippen molar-refractivity contribution in [2.24, 2.45) is 5.92 Å². The van der Waals surface area contributed by atoms with Crippen molar-refractivity contribution in [3.05, 3.63) is 57.1 Å². The quantitative estimate of drug-likeness (QED) is 0.517. The molecule has 10 heteroatoms. The smallest absolute Gasteiger partial charge is 0.269 e. The van der Waals surface area contributed by atoms with Crippen LogP contribution in [-0.2, 0) is 16.1 Å². The molecule has 0 radical (unpaired) electrons. The first-order chi connectivity index (χ1) is 14.8. The highest BCUT2D eigenvalue weighted by Crippen LogP contribution is 2.36. The van der Waals surface area contributed by atoms with Crippen molar-refractivity contribution in [1.29, 1.82) is 0 Å². The number of halogens is 1. The van der Waals surface area contributed by atoms with Crippen LogP contribution in [0, 0.1) is 16.0 Å². The Morgan fingerprint density at radius 1 is 1.23 bits per heavy atom. The molecule has 1 fully saturated rings. The van der Waals surface area contributed by atoms with E-state index in [1.807, 2.05) is 0 Å². The van der Waals surface area contributed by atoms with E-state index < -0.39 is 10.8 Å². The van der Waals surface area contributed by atoms with E-state index in [2.05, 4.69) is 0 Å². The third-order valence-corrected chi connectivity index (χ3v) is 5.70. The molecule has 0 saturated carbocycles. The molecule has 2 aromatic carbocycles. The van der Waals surface area contributed by atoms with Gasteiger partial charge in [-0.05, 0) is 23.8 Å². The minimum atomic E-state index is -0.525. The zero-order chi connectivity index (χ0) is 22.1. The minimum absolute atomic E-state index is 0.0836. The van der Waals surface area contributed by atoms with Gasteiger partial charge in [0.2, 0.25) is 11.8 Å². The number of nitro groups is 1. The van der Waals surface area contributed by atoms with Gasteiger partial charge in [-0.25, -0.2) is 0 Å². The lowest BCUT2D eigenvalue weighted by Gasteiger charge is -2.23. The van der Waals surface area contributed by atoms with Crippen LogP contribution in [0.1, 0.15) is 12.0 Å². The number of amides is 2. The van der Waals surface area contributed by atoms with Crippen molar-refractivity contribution in [2.45, 2.75) is 13.0 Å². The highest BCUT2D eigenvalue weighted by Gasteiger charge is 2.37. The van der Waals surface area contributed by atoms with E-state index in [1.54, 1.807) is 30.1 Å². The van der Waals surface area contributed by atoms with Gasteiger partial charge < -0.3 is 19.3 Å². The summed E-state index contributed by atoms with van der Waals surface area (Å²) in [5, 5.41) is 11.4. The summed E-state index contributed by atoms with van der Waals surface area (Å²) in [4.78, 5) is 39.1. The van der Waals surface area contributed by atoms with Crippen LogP contribution in [0.4, 0.5) is 11.4 Å². The lowest BCUT2D eigenvalue weighted by atomic mass is 10.1. The predicted molar refractivity (Wildman–Crippen MR) is 112 cm³/mol. The Balaban J connectivity index is 1.46. The van der Waals surface area contributed by atoms with Gasteiger partial charge in [-0.3, -0.25) is 19.7 Å². The number of ether oxygens (including phenoxy) is 2. The molecule has 0 bridgehead atoms. The summed E-state index contributed by atoms with van der Waals surface area (Å²) in [5.74, 6) is 0.294. The lowest BCUT2D eigenvalue weighted by Crippen LogP contribution is -2.34. The molecule has 162 valence electrons. The number of nitrogens with zero attached hydrogens (tertiary/aromatic N) is 3. The molecule has 2 aliphatic heterocycles. The predicted octanol–water partition coefficient (Wildman–Crippen LogP) is 3.03. The summed E-state index contributed by atoms with van der Waals surface area (Å²) >= 11 is 6.15. The third kappa shape index (κ3) is 4.27. The van der Waals surface area contributed by atoms with Crippen LogP contribution in [0.25, 0.3) is 0 Å². The number of hydrogen-bond acceptors (Lipinski definition) is 6. The van der Waals surface area contributed by atoms with Gasteiger partial charge in [0.1, 0.15) is 13.2 Å². The summed E-state index contributed by atoms with van der Waals surface area (Å²) < 4.78 is 11.1. The minimum Gasteiger partial charge on any atom is -0.486 e.